The van der Waals surface area contributed by atoms with Gasteiger partial charge in [-0.1, -0.05) is 12.1 Å². The lowest BCUT2D eigenvalue weighted by atomic mass is 10.0. The van der Waals surface area contributed by atoms with Crippen LogP contribution >= 0.6 is 0 Å². The van der Waals surface area contributed by atoms with Gasteiger partial charge in [-0.3, -0.25) is 4.79 Å². The fraction of sp³-hybridized carbons (Fsp3) is 0.562. The number of carbonyl (C=O) groups excluding carboxylic acids is 1. The van der Waals surface area contributed by atoms with E-state index in [1.54, 1.807) is 0 Å². The van der Waals surface area contributed by atoms with Crippen molar-refractivity contribution in [3.05, 3.63) is 34.9 Å². The molecule has 3 nitrogen and oxygen atoms in total. The van der Waals surface area contributed by atoms with E-state index >= 15 is 0 Å². The molecule has 0 bridgehead atoms. The summed E-state index contributed by atoms with van der Waals surface area (Å²) in [6, 6.07) is 5.92. The fourth-order valence-corrected chi connectivity index (χ4v) is 2.33. The number of nitrogens with one attached hydrogen (secondary N) is 1. The Morgan fingerprint density at radius 2 is 2.21 bits per heavy atom. The van der Waals surface area contributed by atoms with E-state index in [2.05, 4.69) is 12.2 Å². The van der Waals surface area contributed by atoms with E-state index in [1.165, 1.54) is 11.1 Å². The average Bonchev–Trinajstić information content (AvgIpc) is 2.91. The highest BCUT2D eigenvalue weighted by Gasteiger charge is 2.14. The number of Topliss-reactive ketones (excluding diaryl/α,β-unsaturated/α-hetero) is 1. The van der Waals surface area contributed by atoms with Gasteiger partial charge < -0.3 is 10.1 Å². The van der Waals surface area contributed by atoms with Crippen molar-refractivity contribution in [2.24, 2.45) is 0 Å². The molecule has 1 aromatic rings. The molecule has 0 saturated carbocycles. The summed E-state index contributed by atoms with van der Waals surface area (Å²) < 4.78 is 5.53. The van der Waals surface area contributed by atoms with Crippen molar-refractivity contribution in [3.63, 3.8) is 0 Å². The minimum absolute atomic E-state index is 0.211. The Bertz CT molecular complexity index is 436. The topological polar surface area (TPSA) is 38.3 Å². The van der Waals surface area contributed by atoms with Crippen LogP contribution in [0.3, 0.4) is 0 Å². The van der Waals surface area contributed by atoms with Gasteiger partial charge in [0.05, 0.1) is 6.10 Å². The zero-order valence-corrected chi connectivity index (χ0v) is 11.9. The molecule has 1 heterocycles. The second kappa shape index (κ2) is 6.83. The van der Waals surface area contributed by atoms with Crippen molar-refractivity contribution in [1.29, 1.82) is 0 Å². The molecule has 1 atom stereocenters. The first kappa shape index (κ1) is 14.2. The van der Waals surface area contributed by atoms with Crippen LogP contribution in [0.25, 0.3) is 0 Å². The molecule has 1 aromatic carbocycles. The highest BCUT2D eigenvalue weighted by Crippen LogP contribution is 2.12. The molecule has 1 aliphatic heterocycles. The lowest BCUT2D eigenvalue weighted by Crippen LogP contribution is -2.28. The van der Waals surface area contributed by atoms with Gasteiger partial charge in [-0.15, -0.1) is 0 Å². The van der Waals surface area contributed by atoms with Crippen molar-refractivity contribution in [3.8, 4) is 0 Å². The number of ether oxygens (including phenoxy) is 1. The van der Waals surface area contributed by atoms with Gasteiger partial charge in [0.25, 0.3) is 0 Å². The first-order chi connectivity index (χ1) is 9.16. The number of carbonyl (C=O) groups is 1. The Kier molecular flexibility index (Phi) is 5.11. The monoisotopic (exact) mass is 261 g/mol. The van der Waals surface area contributed by atoms with E-state index in [-0.39, 0.29) is 5.78 Å². The number of ketones is 1. The minimum atomic E-state index is 0.211. The number of hydrogen-bond donors (Lipinski definition) is 1. The van der Waals surface area contributed by atoms with Gasteiger partial charge >= 0.3 is 0 Å². The van der Waals surface area contributed by atoms with E-state index in [0.29, 0.717) is 12.5 Å². The second-order valence-electron chi connectivity index (χ2n) is 5.31. The molecule has 1 fully saturated rings. The molecular formula is C16H23NO2. The molecule has 1 saturated heterocycles. The molecule has 0 spiro atoms. The zero-order chi connectivity index (χ0) is 13.7. The van der Waals surface area contributed by atoms with Crippen LogP contribution in [0.4, 0.5) is 0 Å². The third-order valence-corrected chi connectivity index (χ3v) is 3.75. The number of hydrogen-bond acceptors (Lipinski definition) is 3. The first-order valence-corrected chi connectivity index (χ1v) is 7.09. The Balaban J connectivity index is 1.72. The normalized spacial score (nSPS) is 18.7. The quantitative estimate of drug-likeness (QED) is 0.632. The van der Waals surface area contributed by atoms with Crippen molar-refractivity contribution in [1.82, 2.24) is 5.32 Å². The largest absolute Gasteiger partial charge is 0.377 e. The van der Waals surface area contributed by atoms with Gasteiger partial charge in [0, 0.05) is 31.7 Å². The number of rotatable bonds is 6. The van der Waals surface area contributed by atoms with Gasteiger partial charge in [-0.2, -0.15) is 0 Å². The summed E-state index contributed by atoms with van der Waals surface area (Å²) in [7, 11) is 0. The maximum atomic E-state index is 12.0. The van der Waals surface area contributed by atoms with Crippen LogP contribution in [0.1, 0.15) is 40.7 Å². The molecule has 2 rings (SSSR count). The molecule has 0 amide bonds. The summed E-state index contributed by atoms with van der Waals surface area (Å²) in [6.07, 6.45) is 3.19. The molecule has 0 radical (unpaired) electrons. The predicted molar refractivity (Wildman–Crippen MR) is 76.7 cm³/mol. The maximum Gasteiger partial charge on any atom is 0.164 e. The summed E-state index contributed by atoms with van der Waals surface area (Å²) >= 11 is 0. The minimum Gasteiger partial charge on any atom is -0.377 e. The fourth-order valence-electron chi connectivity index (χ4n) is 2.33. The Morgan fingerprint density at radius 1 is 1.37 bits per heavy atom. The molecule has 1 unspecified atom stereocenters. The van der Waals surface area contributed by atoms with Crippen molar-refractivity contribution >= 4 is 5.78 Å². The Hall–Kier alpha value is -1.19. The highest BCUT2D eigenvalue weighted by molar-refractivity contribution is 5.96. The molecule has 0 aliphatic carbocycles. The van der Waals surface area contributed by atoms with Gasteiger partial charge in [0.1, 0.15) is 0 Å². The highest BCUT2D eigenvalue weighted by atomic mass is 16.5. The van der Waals surface area contributed by atoms with Crippen LogP contribution in [-0.2, 0) is 4.74 Å². The van der Waals surface area contributed by atoms with E-state index in [9.17, 15) is 4.79 Å². The standard InChI is InChI=1S/C16H23NO2/c1-12-5-6-14(10-13(12)2)16(18)7-8-17-11-15-4-3-9-19-15/h5-6,10,15,17H,3-4,7-9,11H2,1-2H3. The van der Waals surface area contributed by atoms with Gasteiger partial charge in [-0.05, 0) is 43.9 Å². The van der Waals surface area contributed by atoms with Crippen LogP contribution in [0, 0.1) is 13.8 Å². The number of benzene rings is 1. The third kappa shape index (κ3) is 4.15. The summed E-state index contributed by atoms with van der Waals surface area (Å²) in [4.78, 5) is 12.0. The zero-order valence-electron chi connectivity index (χ0n) is 11.9. The van der Waals surface area contributed by atoms with E-state index in [0.717, 1.165) is 38.1 Å². The molecule has 1 aliphatic rings. The van der Waals surface area contributed by atoms with Gasteiger partial charge in [-0.25, -0.2) is 0 Å². The number of aryl methyl sites for hydroxylation is 2. The van der Waals surface area contributed by atoms with Gasteiger partial charge in [0.15, 0.2) is 5.78 Å². The SMILES string of the molecule is Cc1ccc(C(=O)CCNCC2CCCO2)cc1C. The van der Waals surface area contributed by atoms with Crippen LogP contribution in [0.15, 0.2) is 18.2 Å². The van der Waals surface area contributed by atoms with Crippen molar-refractivity contribution in [2.75, 3.05) is 19.7 Å². The summed E-state index contributed by atoms with van der Waals surface area (Å²) in [5.74, 6) is 0.211. The van der Waals surface area contributed by atoms with Crippen LogP contribution in [0.2, 0.25) is 0 Å². The van der Waals surface area contributed by atoms with E-state index < -0.39 is 0 Å². The maximum absolute atomic E-state index is 12.0. The lowest BCUT2D eigenvalue weighted by molar-refractivity contribution is 0.0968. The van der Waals surface area contributed by atoms with Crippen LogP contribution in [-0.4, -0.2) is 31.6 Å². The van der Waals surface area contributed by atoms with Gasteiger partial charge in [0.2, 0.25) is 0 Å². The van der Waals surface area contributed by atoms with E-state index in [4.69, 9.17) is 4.74 Å². The van der Waals surface area contributed by atoms with Crippen molar-refractivity contribution < 1.29 is 9.53 Å². The molecule has 19 heavy (non-hydrogen) atoms. The first-order valence-electron chi connectivity index (χ1n) is 7.09. The molecular weight excluding hydrogens is 238 g/mol. The lowest BCUT2D eigenvalue weighted by Gasteiger charge is -2.10. The van der Waals surface area contributed by atoms with Crippen LogP contribution < -0.4 is 5.32 Å². The Labute approximate surface area is 115 Å². The summed E-state index contributed by atoms with van der Waals surface area (Å²) in [5, 5.41) is 3.31. The van der Waals surface area contributed by atoms with Crippen molar-refractivity contribution in [2.45, 2.75) is 39.2 Å². The smallest absolute Gasteiger partial charge is 0.164 e. The molecule has 104 valence electrons. The molecule has 0 aromatic heterocycles. The third-order valence-electron chi connectivity index (χ3n) is 3.75. The molecule has 3 heteroatoms. The molecule has 1 N–H and O–H groups in total. The van der Waals surface area contributed by atoms with Crippen LogP contribution in [0.5, 0.6) is 0 Å². The predicted octanol–water partition coefficient (Wildman–Crippen LogP) is 2.64. The van der Waals surface area contributed by atoms with E-state index in [1.807, 2.05) is 25.1 Å². The summed E-state index contributed by atoms with van der Waals surface area (Å²) in [5.41, 5.74) is 3.23. The summed E-state index contributed by atoms with van der Waals surface area (Å²) in [6.45, 7) is 6.58. The second-order valence-corrected chi connectivity index (χ2v) is 5.31. The Morgan fingerprint density at radius 3 is 2.89 bits per heavy atom. The average molecular weight is 261 g/mol.